The second kappa shape index (κ2) is 7.71. The molecular weight excluding hydrogens is 292 g/mol. The Morgan fingerprint density at radius 2 is 1.86 bits per heavy atom. The minimum atomic E-state index is -0.173. The van der Waals surface area contributed by atoms with Crippen molar-refractivity contribution in [3.8, 4) is 11.5 Å². The normalized spacial score (nSPS) is 10.4. The first-order chi connectivity index (χ1) is 10.2. The summed E-state index contributed by atoms with van der Waals surface area (Å²) in [4.78, 5) is 14.6. The monoisotopic (exact) mass is 308 g/mol. The highest BCUT2D eigenvalue weighted by Gasteiger charge is 2.02. The minimum absolute atomic E-state index is 0.173. The number of hydrogen-bond donors (Lipinski definition) is 2. The van der Waals surface area contributed by atoms with Crippen molar-refractivity contribution in [2.45, 2.75) is 13.0 Å². The Labute approximate surface area is 127 Å². The zero-order chi connectivity index (χ0) is 15.1. The van der Waals surface area contributed by atoms with Gasteiger partial charge in [0.05, 0.1) is 13.2 Å². The Kier molecular flexibility index (Phi) is 5.66. The maximum Gasteiger partial charge on any atom is 0.223 e. The molecule has 0 atom stereocenters. The molecule has 6 heteroatoms. The fourth-order valence-corrected chi connectivity index (χ4v) is 1.82. The molecule has 2 aromatic rings. The van der Waals surface area contributed by atoms with Crippen LogP contribution in [0.4, 0.5) is 0 Å². The molecule has 21 heavy (non-hydrogen) atoms. The molecule has 0 fully saturated rings. The molecule has 0 bridgehead atoms. The number of H-pyrrole nitrogens is 1. The molecule has 3 N–H and O–H groups in total. The molecule has 1 aromatic heterocycles. The van der Waals surface area contributed by atoms with Crippen molar-refractivity contribution in [3.05, 3.63) is 57.5 Å². The fourth-order valence-electron chi connectivity index (χ4n) is 1.69. The summed E-state index contributed by atoms with van der Waals surface area (Å²) in [5.41, 5.74) is 5.94. The van der Waals surface area contributed by atoms with Crippen molar-refractivity contribution >= 4 is 11.6 Å². The van der Waals surface area contributed by atoms with Crippen molar-refractivity contribution in [1.29, 1.82) is 0 Å². The van der Waals surface area contributed by atoms with E-state index in [1.165, 1.54) is 12.3 Å². The van der Waals surface area contributed by atoms with Crippen molar-refractivity contribution in [1.82, 2.24) is 4.98 Å². The van der Waals surface area contributed by atoms with E-state index in [2.05, 4.69) is 4.98 Å². The summed E-state index contributed by atoms with van der Waals surface area (Å²) in [6, 6.07) is 8.59. The third kappa shape index (κ3) is 4.81. The van der Waals surface area contributed by atoms with E-state index in [4.69, 9.17) is 26.8 Å². The maximum atomic E-state index is 11.7. The molecule has 1 aromatic carbocycles. The van der Waals surface area contributed by atoms with Gasteiger partial charge in [0.2, 0.25) is 5.43 Å². The molecule has 112 valence electrons. The Bertz CT molecular complexity index is 626. The minimum Gasteiger partial charge on any atom is -0.493 e. The van der Waals surface area contributed by atoms with Crippen molar-refractivity contribution in [2.75, 3.05) is 13.2 Å². The maximum absolute atomic E-state index is 11.7. The molecule has 0 aliphatic heterocycles. The number of pyridine rings is 1. The largest absolute Gasteiger partial charge is 0.493 e. The Morgan fingerprint density at radius 3 is 2.52 bits per heavy atom. The third-order valence-electron chi connectivity index (χ3n) is 2.79. The predicted molar refractivity (Wildman–Crippen MR) is 82.0 cm³/mol. The van der Waals surface area contributed by atoms with Crippen LogP contribution in [0, 0.1) is 0 Å². The van der Waals surface area contributed by atoms with Gasteiger partial charge in [0.15, 0.2) is 5.75 Å². The van der Waals surface area contributed by atoms with Gasteiger partial charge >= 0.3 is 0 Å². The van der Waals surface area contributed by atoms with Crippen LogP contribution >= 0.6 is 11.6 Å². The van der Waals surface area contributed by atoms with Gasteiger partial charge in [-0.25, -0.2) is 0 Å². The zero-order valence-corrected chi connectivity index (χ0v) is 12.2. The first kappa shape index (κ1) is 15.4. The van der Waals surface area contributed by atoms with Crippen LogP contribution in [0.1, 0.15) is 12.1 Å². The van der Waals surface area contributed by atoms with Crippen LogP contribution in [-0.2, 0) is 6.54 Å². The second-order valence-electron chi connectivity index (χ2n) is 4.40. The number of nitrogens with two attached hydrogens (primary N) is 1. The molecule has 0 amide bonds. The van der Waals surface area contributed by atoms with Gasteiger partial charge in [0.1, 0.15) is 5.75 Å². The van der Waals surface area contributed by atoms with E-state index >= 15 is 0 Å². The van der Waals surface area contributed by atoms with Gasteiger partial charge in [-0.05, 0) is 24.3 Å². The lowest BCUT2D eigenvalue weighted by Gasteiger charge is -2.08. The highest BCUT2D eigenvalue weighted by Crippen LogP contribution is 2.15. The molecule has 0 saturated heterocycles. The molecular formula is C15H17ClN2O3. The van der Waals surface area contributed by atoms with Gasteiger partial charge in [-0.3, -0.25) is 4.79 Å². The average Bonchev–Trinajstić information content (AvgIpc) is 2.50. The summed E-state index contributed by atoms with van der Waals surface area (Å²) < 4.78 is 10.9. The van der Waals surface area contributed by atoms with E-state index in [0.29, 0.717) is 42.6 Å². The number of halogens is 1. The molecule has 2 rings (SSSR count). The number of aromatic nitrogens is 1. The van der Waals surface area contributed by atoms with Crippen LogP contribution in [-0.4, -0.2) is 18.2 Å². The lowest BCUT2D eigenvalue weighted by atomic mass is 10.3. The molecule has 0 saturated carbocycles. The van der Waals surface area contributed by atoms with E-state index in [9.17, 15) is 4.79 Å². The van der Waals surface area contributed by atoms with E-state index in [-0.39, 0.29) is 5.43 Å². The van der Waals surface area contributed by atoms with Gasteiger partial charge in [-0.15, -0.1) is 0 Å². The average molecular weight is 309 g/mol. The van der Waals surface area contributed by atoms with Crippen molar-refractivity contribution < 1.29 is 9.47 Å². The third-order valence-corrected chi connectivity index (χ3v) is 3.04. The van der Waals surface area contributed by atoms with Crippen molar-refractivity contribution in [2.24, 2.45) is 5.73 Å². The second-order valence-corrected chi connectivity index (χ2v) is 4.83. The SMILES string of the molecule is NCc1cc(=O)c(OCCCOc2ccc(Cl)cc2)c[nH]1. The van der Waals surface area contributed by atoms with Crippen LogP contribution < -0.4 is 20.6 Å². The van der Waals surface area contributed by atoms with E-state index in [1.54, 1.807) is 24.3 Å². The van der Waals surface area contributed by atoms with Crippen molar-refractivity contribution in [3.63, 3.8) is 0 Å². The Morgan fingerprint density at radius 1 is 1.14 bits per heavy atom. The number of rotatable bonds is 7. The molecule has 1 heterocycles. The lowest BCUT2D eigenvalue weighted by Crippen LogP contribution is -2.13. The van der Waals surface area contributed by atoms with E-state index in [1.807, 2.05) is 0 Å². The number of ether oxygens (including phenoxy) is 2. The van der Waals surface area contributed by atoms with Crippen LogP contribution in [0.3, 0.4) is 0 Å². The number of hydrogen-bond acceptors (Lipinski definition) is 4. The molecule has 5 nitrogen and oxygen atoms in total. The molecule has 0 aliphatic rings. The molecule has 0 spiro atoms. The van der Waals surface area contributed by atoms with Crippen LogP contribution in [0.25, 0.3) is 0 Å². The van der Waals surface area contributed by atoms with Crippen LogP contribution in [0.15, 0.2) is 41.3 Å². The number of aromatic amines is 1. The standard InChI is InChI=1S/C15H17ClN2O3/c16-11-2-4-13(5-3-11)20-6-1-7-21-15-10-18-12(9-17)8-14(15)19/h2-5,8,10H,1,6-7,9,17H2,(H,18,19). The highest BCUT2D eigenvalue weighted by atomic mass is 35.5. The first-order valence-corrected chi connectivity index (χ1v) is 6.99. The molecule has 0 aliphatic carbocycles. The zero-order valence-electron chi connectivity index (χ0n) is 11.5. The first-order valence-electron chi connectivity index (χ1n) is 6.62. The summed E-state index contributed by atoms with van der Waals surface area (Å²) in [6.45, 7) is 1.20. The Balaban J connectivity index is 1.72. The van der Waals surface area contributed by atoms with Gasteiger partial charge in [0, 0.05) is 35.9 Å². The summed E-state index contributed by atoms with van der Waals surface area (Å²) in [5.74, 6) is 1.04. The number of benzene rings is 1. The number of nitrogens with one attached hydrogen (secondary N) is 1. The van der Waals surface area contributed by atoms with Gasteiger partial charge in [0.25, 0.3) is 0 Å². The Hall–Kier alpha value is -1.98. The van der Waals surface area contributed by atoms with E-state index < -0.39 is 0 Å². The predicted octanol–water partition coefficient (Wildman–Crippen LogP) is 2.33. The smallest absolute Gasteiger partial charge is 0.223 e. The molecule has 0 radical (unpaired) electrons. The van der Waals surface area contributed by atoms with Crippen LogP contribution in [0.5, 0.6) is 11.5 Å². The van der Waals surface area contributed by atoms with Gasteiger partial charge < -0.3 is 20.2 Å². The van der Waals surface area contributed by atoms with Gasteiger partial charge in [-0.1, -0.05) is 11.6 Å². The lowest BCUT2D eigenvalue weighted by molar-refractivity contribution is 0.245. The van der Waals surface area contributed by atoms with E-state index in [0.717, 1.165) is 5.75 Å². The summed E-state index contributed by atoms with van der Waals surface area (Å²) in [6.07, 6.45) is 2.20. The summed E-state index contributed by atoms with van der Waals surface area (Å²) in [7, 11) is 0. The topological polar surface area (TPSA) is 77.3 Å². The summed E-state index contributed by atoms with van der Waals surface area (Å²) >= 11 is 5.78. The molecule has 0 unspecified atom stereocenters. The highest BCUT2D eigenvalue weighted by molar-refractivity contribution is 6.30. The van der Waals surface area contributed by atoms with Gasteiger partial charge in [-0.2, -0.15) is 0 Å². The fraction of sp³-hybridized carbons (Fsp3) is 0.267. The van der Waals surface area contributed by atoms with Crippen LogP contribution in [0.2, 0.25) is 5.02 Å². The summed E-state index contributed by atoms with van der Waals surface area (Å²) in [5, 5.41) is 0.672. The quantitative estimate of drug-likeness (QED) is 0.770.